The van der Waals surface area contributed by atoms with Gasteiger partial charge >= 0.3 is 5.97 Å². The summed E-state index contributed by atoms with van der Waals surface area (Å²) >= 11 is 6.15. The standard InChI is InChI=1S/C15H17ClN2O3/c1-9-10(2)17-18(3)15(9)21-13-8-11(4-6-12(13)16)5-7-14(19)20/h4,6,8H,5,7H2,1-3H3,(H,19,20). The molecule has 21 heavy (non-hydrogen) atoms. The Morgan fingerprint density at radius 3 is 2.71 bits per heavy atom. The Kier molecular flexibility index (Phi) is 4.53. The topological polar surface area (TPSA) is 64.4 Å². The highest BCUT2D eigenvalue weighted by molar-refractivity contribution is 6.32. The number of benzene rings is 1. The van der Waals surface area contributed by atoms with E-state index in [1.807, 2.05) is 13.8 Å². The van der Waals surface area contributed by atoms with E-state index in [-0.39, 0.29) is 6.42 Å². The maximum Gasteiger partial charge on any atom is 0.303 e. The van der Waals surface area contributed by atoms with E-state index in [0.29, 0.717) is 23.1 Å². The largest absolute Gasteiger partial charge is 0.481 e. The van der Waals surface area contributed by atoms with Gasteiger partial charge in [0, 0.05) is 19.0 Å². The normalized spacial score (nSPS) is 10.7. The number of nitrogens with zero attached hydrogens (tertiary/aromatic N) is 2. The molecular weight excluding hydrogens is 292 g/mol. The van der Waals surface area contributed by atoms with Crippen LogP contribution in [0.1, 0.15) is 23.2 Å². The molecule has 0 unspecified atom stereocenters. The summed E-state index contributed by atoms with van der Waals surface area (Å²) in [6.07, 6.45) is 0.511. The van der Waals surface area contributed by atoms with Gasteiger partial charge < -0.3 is 9.84 Å². The van der Waals surface area contributed by atoms with E-state index in [1.54, 1.807) is 29.9 Å². The van der Waals surface area contributed by atoms with Gasteiger partial charge in [-0.3, -0.25) is 4.79 Å². The van der Waals surface area contributed by atoms with Gasteiger partial charge in [0.15, 0.2) is 0 Å². The Labute approximate surface area is 128 Å². The van der Waals surface area contributed by atoms with Gasteiger partial charge in [-0.05, 0) is 38.0 Å². The van der Waals surface area contributed by atoms with Gasteiger partial charge in [-0.15, -0.1) is 0 Å². The molecule has 2 rings (SSSR count). The van der Waals surface area contributed by atoms with E-state index in [9.17, 15) is 4.79 Å². The van der Waals surface area contributed by atoms with Gasteiger partial charge in [-0.2, -0.15) is 5.10 Å². The first-order chi connectivity index (χ1) is 9.88. The lowest BCUT2D eigenvalue weighted by atomic mass is 10.1. The van der Waals surface area contributed by atoms with Crippen LogP contribution in [0, 0.1) is 13.8 Å². The summed E-state index contributed by atoms with van der Waals surface area (Å²) in [7, 11) is 1.80. The van der Waals surface area contributed by atoms with Crippen molar-refractivity contribution in [3.05, 3.63) is 40.0 Å². The summed E-state index contributed by atoms with van der Waals surface area (Å²) in [5.74, 6) is 0.306. The average molecular weight is 309 g/mol. The lowest BCUT2D eigenvalue weighted by Crippen LogP contribution is -1.99. The lowest BCUT2D eigenvalue weighted by molar-refractivity contribution is -0.136. The third-order valence-corrected chi connectivity index (χ3v) is 3.60. The molecule has 1 aromatic carbocycles. The van der Waals surface area contributed by atoms with Crippen molar-refractivity contribution < 1.29 is 14.6 Å². The number of rotatable bonds is 5. The first kappa shape index (κ1) is 15.4. The van der Waals surface area contributed by atoms with Crippen molar-refractivity contribution in [3.63, 3.8) is 0 Å². The number of aryl methyl sites for hydroxylation is 3. The Hall–Kier alpha value is -2.01. The van der Waals surface area contributed by atoms with Crippen LogP contribution in [-0.2, 0) is 18.3 Å². The molecule has 1 N–H and O–H groups in total. The van der Waals surface area contributed by atoms with Crippen LogP contribution in [0.4, 0.5) is 0 Å². The summed E-state index contributed by atoms with van der Waals surface area (Å²) < 4.78 is 7.52. The number of hydrogen-bond acceptors (Lipinski definition) is 3. The Bertz CT molecular complexity index is 680. The van der Waals surface area contributed by atoms with E-state index in [2.05, 4.69) is 5.10 Å². The molecule has 2 aromatic rings. The number of aromatic nitrogens is 2. The maximum atomic E-state index is 10.6. The summed E-state index contributed by atoms with van der Waals surface area (Å²) in [6, 6.07) is 5.29. The molecule has 0 spiro atoms. The summed E-state index contributed by atoms with van der Waals surface area (Å²) in [4.78, 5) is 10.6. The summed E-state index contributed by atoms with van der Waals surface area (Å²) in [6.45, 7) is 3.84. The molecule has 0 saturated carbocycles. The van der Waals surface area contributed by atoms with Crippen LogP contribution in [0.5, 0.6) is 11.6 Å². The molecule has 0 amide bonds. The second-order valence-corrected chi connectivity index (χ2v) is 5.31. The highest BCUT2D eigenvalue weighted by atomic mass is 35.5. The predicted octanol–water partition coefficient (Wildman–Crippen LogP) is 3.50. The number of ether oxygens (including phenoxy) is 1. The van der Waals surface area contributed by atoms with Gasteiger partial charge in [0.2, 0.25) is 5.88 Å². The van der Waals surface area contributed by atoms with Gasteiger partial charge in [0.25, 0.3) is 0 Å². The van der Waals surface area contributed by atoms with Crippen molar-refractivity contribution in [1.82, 2.24) is 9.78 Å². The number of carboxylic acids is 1. The van der Waals surface area contributed by atoms with Crippen LogP contribution >= 0.6 is 11.6 Å². The van der Waals surface area contributed by atoms with Crippen LogP contribution in [0.3, 0.4) is 0 Å². The number of carboxylic acid groups (broad SMARTS) is 1. The Balaban J connectivity index is 2.26. The number of hydrogen-bond donors (Lipinski definition) is 1. The zero-order valence-corrected chi connectivity index (χ0v) is 12.9. The van der Waals surface area contributed by atoms with Crippen molar-refractivity contribution in [2.75, 3.05) is 0 Å². The van der Waals surface area contributed by atoms with E-state index in [1.165, 1.54) is 0 Å². The third kappa shape index (κ3) is 3.55. The molecule has 0 atom stereocenters. The minimum absolute atomic E-state index is 0.0743. The minimum atomic E-state index is -0.828. The smallest absolute Gasteiger partial charge is 0.303 e. The number of aliphatic carboxylic acids is 1. The maximum absolute atomic E-state index is 10.6. The zero-order valence-electron chi connectivity index (χ0n) is 12.2. The molecule has 0 aliphatic carbocycles. The first-order valence-corrected chi connectivity index (χ1v) is 6.94. The quantitative estimate of drug-likeness (QED) is 0.918. The lowest BCUT2D eigenvalue weighted by Gasteiger charge is -2.10. The molecule has 0 fully saturated rings. The molecule has 0 aliphatic rings. The molecule has 0 aliphatic heterocycles. The zero-order chi connectivity index (χ0) is 15.6. The van der Waals surface area contributed by atoms with Crippen LogP contribution in [0.15, 0.2) is 18.2 Å². The number of carbonyl (C=O) groups is 1. The average Bonchev–Trinajstić information content (AvgIpc) is 2.66. The van der Waals surface area contributed by atoms with Gasteiger partial charge in [0.05, 0.1) is 10.7 Å². The molecule has 112 valence electrons. The molecule has 5 nitrogen and oxygen atoms in total. The van der Waals surface area contributed by atoms with Crippen LogP contribution < -0.4 is 4.74 Å². The first-order valence-electron chi connectivity index (χ1n) is 6.56. The molecule has 6 heteroatoms. The number of halogens is 1. The van der Waals surface area contributed by atoms with Crippen molar-refractivity contribution in [1.29, 1.82) is 0 Å². The second kappa shape index (κ2) is 6.18. The molecule has 0 saturated heterocycles. The van der Waals surface area contributed by atoms with Gasteiger partial charge in [-0.25, -0.2) is 4.68 Å². The van der Waals surface area contributed by atoms with Crippen molar-refractivity contribution in [2.24, 2.45) is 7.05 Å². The third-order valence-electron chi connectivity index (χ3n) is 3.29. The fraction of sp³-hybridized carbons (Fsp3) is 0.333. The van der Waals surface area contributed by atoms with Crippen LogP contribution in [0.25, 0.3) is 0 Å². The fourth-order valence-electron chi connectivity index (χ4n) is 2.02. The van der Waals surface area contributed by atoms with E-state index < -0.39 is 5.97 Å². The predicted molar refractivity (Wildman–Crippen MR) is 80.2 cm³/mol. The summed E-state index contributed by atoms with van der Waals surface area (Å²) in [5, 5.41) is 13.5. The van der Waals surface area contributed by atoms with Gasteiger partial charge in [-0.1, -0.05) is 17.7 Å². The minimum Gasteiger partial charge on any atom is -0.481 e. The fourth-order valence-corrected chi connectivity index (χ4v) is 2.18. The van der Waals surface area contributed by atoms with Crippen molar-refractivity contribution in [2.45, 2.75) is 26.7 Å². The highest BCUT2D eigenvalue weighted by Crippen LogP contribution is 2.32. The molecule has 1 aromatic heterocycles. The molecule has 1 heterocycles. The molecule has 0 radical (unpaired) electrons. The monoisotopic (exact) mass is 308 g/mol. The van der Waals surface area contributed by atoms with Crippen molar-refractivity contribution in [3.8, 4) is 11.6 Å². The SMILES string of the molecule is Cc1nn(C)c(Oc2cc(CCC(=O)O)ccc2Cl)c1C. The summed E-state index contributed by atoms with van der Waals surface area (Å²) in [5.41, 5.74) is 2.71. The van der Waals surface area contributed by atoms with Gasteiger partial charge in [0.1, 0.15) is 5.75 Å². The van der Waals surface area contributed by atoms with E-state index in [4.69, 9.17) is 21.4 Å². The van der Waals surface area contributed by atoms with Crippen LogP contribution in [0.2, 0.25) is 5.02 Å². The van der Waals surface area contributed by atoms with Crippen LogP contribution in [-0.4, -0.2) is 20.9 Å². The Morgan fingerprint density at radius 1 is 1.43 bits per heavy atom. The van der Waals surface area contributed by atoms with Crippen molar-refractivity contribution >= 4 is 17.6 Å². The Morgan fingerprint density at radius 2 is 2.14 bits per heavy atom. The van der Waals surface area contributed by atoms with E-state index in [0.717, 1.165) is 16.8 Å². The molecular formula is C15H17ClN2O3. The second-order valence-electron chi connectivity index (χ2n) is 4.90. The molecule has 0 bridgehead atoms. The highest BCUT2D eigenvalue weighted by Gasteiger charge is 2.13. The van der Waals surface area contributed by atoms with E-state index >= 15 is 0 Å².